The van der Waals surface area contributed by atoms with Gasteiger partial charge in [0.05, 0.1) is 0 Å². The van der Waals surface area contributed by atoms with Gasteiger partial charge in [-0.05, 0) is 19.1 Å². The molecule has 0 fully saturated rings. The van der Waals surface area contributed by atoms with Crippen LogP contribution < -0.4 is 5.32 Å². The van der Waals surface area contributed by atoms with E-state index in [1.807, 2.05) is 27.7 Å². The molecule has 0 aliphatic heterocycles. The maximum Gasteiger partial charge on any atom is 0.251 e. The third kappa shape index (κ3) is 4.87. The van der Waals surface area contributed by atoms with Crippen molar-refractivity contribution < 1.29 is 9.00 Å². The van der Waals surface area contributed by atoms with Gasteiger partial charge in [-0.1, -0.05) is 32.4 Å². The Morgan fingerprint density at radius 2 is 2.05 bits per heavy atom. The number of nitrogens with one attached hydrogen (secondary N) is 1. The van der Waals surface area contributed by atoms with Crippen LogP contribution in [0.4, 0.5) is 0 Å². The van der Waals surface area contributed by atoms with Gasteiger partial charge in [0, 0.05) is 45.5 Å². The molecule has 4 nitrogen and oxygen atoms in total. The monoisotopic (exact) mass is 316 g/mol. The lowest BCUT2D eigenvalue weighted by Gasteiger charge is -2.19. The Morgan fingerprint density at radius 1 is 1.45 bits per heavy atom. The molecule has 20 heavy (non-hydrogen) atoms. The summed E-state index contributed by atoms with van der Waals surface area (Å²) in [4.78, 5) is 16.4. The quantitative estimate of drug-likeness (QED) is 0.868. The summed E-state index contributed by atoms with van der Waals surface area (Å²) in [6, 6.07) is 3.29. The first kappa shape index (κ1) is 17.1. The molecule has 1 N–H and O–H groups in total. The van der Waals surface area contributed by atoms with Gasteiger partial charge in [-0.2, -0.15) is 0 Å². The molecule has 0 saturated heterocycles. The fourth-order valence-electron chi connectivity index (χ4n) is 1.47. The molecular formula is C14H21ClN2O2S. The number of halogens is 1. The van der Waals surface area contributed by atoms with Crippen molar-refractivity contribution in [3.63, 3.8) is 0 Å². The van der Waals surface area contributed by atoms with E-state index in [2.05, 4.69) is 10.3 Å². The summed E-state index contributed by atoms with van der Waals surface area (Å²) in [7, 11) is -0.959. The van der Waals surface area contributed by atoms with Crippen molar-refractivity contribution in [2.75, 3.05) is 12.8 Å². The Hall–Kier alpha value is -0.940. The van der Waals surface area contributed by atoms with Gasteiger partial charge >= 0.3 is 0 Å². The van der Waals surface area contributed by atoms with Crippen molar-refractivity contribution in [1.82, 2.24) is 10.3 Å². The molecule has 1 amide bonds. The predicted molar refractivity (Wildman–Crippen MR) is 83.8 cm³/mol. The molecule has 1 aromatic rings. The lowest BCUT2D eigenvalue weighted by molar-refractivity contribution is 0.0954. The van der Waals surface area contributed by atoms with Gasteiger partial charge in [-0.15, -0.1) is 0 Å². The van der Waals surface area contributed by atoms with Crippen molar-refractivity contribution >= 4 is 28.3 Å². The molecular weight excluding hydrogens is 296 g/mol. The van der Waals surface area contributed by atoms with Crippen molar-refractivity contribution in [2.45, 2.75) is 38.4 Å². The highest BCUT2D eigenvalue weighted by atomic mass is 35.5. The highest BCUT2D eigenvalue weighted by Gasteiger charge is 2.19. The molecule has 0 bridgehead atoms. The largest absolute Gasteiger partial charge is 0.351 e. The highest BCUT2D eigenvalue weighted by molar-refractivity contribution is 7.84. The average Bonchev–Trinajstić information content (AvgIpc) is 2.33. The Morgan fingerprint density at radius 3 is 2.55 bits per heavy atom. The summed E-state index contributed by atoms with van der Waals surface area (Å²) >= 11 is 5.97. The molecule has 0 saturated carbocycles. The number of hydrogen-bond donors (Lipinski definition) is 1. The maximum absolute atomic E-state index is 12.1. The van der Waals surface area contributed by atoms with E-state index in [1.54, 1.807) is 18.4 Å². The standard InChI is InChI=1S/C14H21ClN2O2S/c1-9(20(5)19)8-16-13(18)10-6-11(14(2,3)4)17-12(15)7-10/h6-7,9H,8H2,1-5H3,(H,16,18). The third-order valence-electron chi connectivity index (χ3n) is 2.94. The van der Waals surface area contributed by atoms with Gasteiger partial charge in [0.15, 0.2) is 0 Å². The summed E-state index contributed by atoms with van der Waals surface area (Å²) in [5, 5.41) is 2.98. The van der Waals surface area contributed by atoms with Gasteiger partial charge in [0.2, 0.25) is 0 Å². The minimum Gasteiger partial charge on any atom is -0.351 e. The van der Waals surface area contributed by atoms with Crippen LogP contribution in [-0.4, -0.2) is 33.2 Å². The molecule has 0 aliphatic rings. The zero-order chi connectivity index (χ0) is 15.5. The summed E-state index contributed by atoms with van der Waals surface area (Å²) in [5.41, 5.74) is 1.06. The molecule has 0 spiro atoms. The Bertz CT molecular complexity index is 526. The van der Waals surface area contributed by atoms with Crippen LogP contribution in [0.3, 0.4) is 0 Å². The topological polar surface area (TPSA) is 59.1 Å². The van der Waals surface area contributed by atoms with E-state index >= 15 is 0 Å². The fraction of sp³-hybridized carbons (Fsp3) is 0.571. The van der Waals surface area contributed by atoms with Crippen LogP contribution in [0.2, 0.25) is 5.15 Å². The van der Waals surface area contributed by atoms with Gasteiger partial charge in [0.25, 0.3) is 5.91 Å². The fourth-order valence-corrected chi connectivity index (χ4v) is 1.99. The number of aromatic nitrogens is 1. The molecule has 1 heterocycles. The van der Waals surface area contributed by atoms with Gasteiger partial charge in [-0.3, -0.25) is 9.00 Å². The minimum absolute atomic E-state index is 0.0849. The predicted octanol–water partition coefficient (Wildman–Crippen LogP) is 2.53. The van der Waals surface area contributed by atoms with Crippen LogP contribution >= 0.6 is 11.6 Å². The molecule has 0 aromatic carbocycles. The molecule has 6 heteroatoms. The second-order valence-corrected chi connectivity index (χ2v) is 8.02. The normalized spacial score (nSPS) is 14.7. The maximum atomic E-state index is 12.1. The van der Waals surface area contributed by atoms with E-state index in [4.69, 9.17) is 11.6 Å². The smallest absolute Gasteiger partial charge is 0.251 e. The van der Waals surface area contributed by atoms with E-state index in [0.717, 1.165) is 5.69 Å². The molecule has 112 valence electrons. The summed E-state index contributed by atoms with van der Waals surface area (Å²) in [5.74, 6) is -0.225. The zero-order valence-corrected chi connectivity index (χ0v) is 14.1. The highest BCUT2D eigenvalue weighted by Crippen LogP contribution is 2.23. The molecule has 0 aliphatic carbocycles. The molecule has 1 rings (SSSR count). The molecule has 2 unspecified atom stereocenters. The first-order valence-electron chi connectivity index (χ1n) is 6.39. The Balaban J connectivity index is 2.88. The third-order valence-corrected chi connectivity index (χ3v) is 4.43. The SMILES string of the molecule is CC(CNC(=O)c1cc(Cl)nc(C(C)(C)C)c1)S(C)=O. The van der Waals surface area contributed by atoms with Crippen LogP contribution in [-0.2, 0) is 16.2 Å². The second-order valence-electron chi connectivity index (χ2n) is 5.83. The van der Waals surface area contributed by atoms with Crippen LogP contribution in [0, 0.1) is 0 Å². The Labute approximate surface area is 127 Å². The molecule has 0 radical (unpaired) electrons. The van der Waals surface area contributed by atoms with Crippen molar-refractivity contribution in [1.29, 1.82) is 0 Å². The summed E-state index contributed by atoms with van der Waals surface area (Å²) in [6.45, 7) is 8.23. The van der Waals surface area contributed by atoms with Gasteiger partial charge < -0.3 is 5.32 Å². The minimum atomic E-state index is -0.959. The van der Waals surface area contributed by atoms with E-state index < -0.39 is 10.8 Å². The molecule has 2 atom stereocenters. The number of carbonyl (C=O) groups is 1. The summed E-state index contributed by atoms with van der Waals surface area (Å²) in [6.07, 6.45) is 1.62. The van der Waals surface area contributed by atoms with E-state index in [-0.39, 0.29) is 16.6 Å². The summed E-state index contributed by atoms with van der Waals surface area (Å²) < 4.78 is 11.3. The number of pyridine rings is 1. The van der Waals surface area contributed by atoms with Crippen molar-refractivity contribution in [2.24, 2.45) is 0 Å². The number of amides is 1. The van der Waals surface area contributed by atoms with Gasteiger partial charge in [-0.25, -0.2) is 4.98 Å². The van der Waals surface area contributed by atoms with E-state index in [0.29, 0.717) is 17.3 Å². The Kier molecular flexibility index (Phi) is 5.71. The van der Waals surface area contributed by atoms with E-state index in [1.165, 1.54) is 0 Å². The van der Waals surface area contributed by atoms with Crippen LogP contribution in [0.5, 0.6) is 0 Å². The first-order valence-corrected chi connectivity index (χ1v) is 8.39. The van der Waals surface area contributed by atoms with Crippen molar-refractivity contribution in [3.05, 3.63) is 28.5 Å². The molecule has 1 aromatic heterocycles. The second kappa shape index (κ2) is 6.68. The number of rotatable bonds is 4. The van der Waals surface area contributed by atoms with Crippen molar-refractivity contribution in [3.8, 4) is 0 Å². The first-order chi connectivity index (χ1) is 9.11. The van der Waals surface area contributed by atoms with Crippen LogP contribution in [0.25, 0.3) is 0 Å². The lowest BCUT2D eigenvalue weighted by Crippen LogP contribution is -2.32. The zero-order valence-electron chi connectivity index (χ0n) is 12.5. The van der Waals surface area contributed by atoms with Crippen LogP contribution in [0.1, 0.15) is 43.7 Å². The van der Waals surface area contributed by atoms with E-state index in [9.17, 15) is 9.00 Å². The lowest BCUT2D eigenvalue weighted by atomic mass is 9.91. The van der Waals surface area contributed by atoms with Gasteiger partial charge in [0.1, 0.15) is 5.15 Å². The number of hydrogen-bond acceptors (Lipinski definition) is 3. The average molecular weight is 317 g/mol. The number of carbonyl (C=O) groups excluding carboxylic acids is 1. The van der Waals surface area contributed by atoms with Crippen LogP contribution in [0.15, 0.2) is 12.1 Å². The number of nitrogens with zero attached hydrogens (tertiary/aromatic N) is 1.